The number of carboxylic acids is 1. The summed E-state index contributed by atoms with van der Waals surface area (Å²) in [6.45, 7) is 0.493. The molecule has 0 aliphatic carbocycles. The van der Waals surface area contributed by atoms with E-state index in [1.54, 1.807) is 6.21 Å². The first-order chi connectivity index (χ1) is 5.70. The molecule has 62 valence electrons. The first kappa shape index (κ1) is 6.84. The van der Waals surface area contributed by atoms with Crippen molar-refractivity contribution in [3.63, 3.8) is 0 Å². The van der Waals surface area contributed by atoms with E-state index in [0.717, 1.165) is 0 Å². The summed E-state index contributed by atoms with van der Waals surface area (Å²) in [6, 6.07) is 0. The summed E-state index contributed by atoms with van der Waals surface area (Å²) in [5.74, 6) is -0.683. The maximum absolute atomic E-state index is 10.5. The average molecular weight is 166 g/mol. The molecule has 0 spiro atoms. The molecule has 0 bridgehead atoms. The number of aliphatic imine (C=N–C) groups is 1. The predicted octanol–water partition coefficient (Wildman–Crippen LogP) is -0.121. The number of aromatic nitrogens is 2. The molecule has 1 aromatic heterocycles. The van der Waals surface area contributed by atoms with E-state index in [2.05, 4.69) is 10.1 Å². The van der Waals surface area contributed by atoms with E-state index in [1.165, 1.54) is 4.68 Å². The molecule has 0 amide bonds. The standard InChI is InChI=1S/C6H6N4O2/c7-3-4(6(11)12)9-10-2-1-8-5(3)10/h1H,2,7H2,(H,11,12). The number of nitrogens with two attached hydrogens (primary N) is 1. The number of carbonyl (C=O) groups is 1. The third kappa shape index (κ3) is 0.714. The highest BCUT2D eigenvalue weighted by Crippen LogP contribution is 2.27. The number of fused-ring (bicyclic) bond motifs is 1. The minimum Gasteiger partial charge on any atom is -0.476 e. The Labute approximate surface area is 67.3 Å². The Morgan fingerprint density at radius 3 is 3.08 bits per heavy atom. The van der Waals surface area contributed by atoms with E-state index in [1.807, 2.05) is 0 Å². The first-order valence-electron chi connectivity index (χ1n) is 3.32. The third-order valence-corrected chi connectivity index (χ3v) is 1.63. The molecule has 1 aliphatic heterocycles. The molecule has 0 saturated heterocycles. The Morgan fingerprint density at radius 1 is 1.75 bits per heavy atom. The maximum atomic E-state index is 10.5. The van der Waals surface area contributed by atoms with E-state index in [0.29, 0.717) is 12.4 Å². The van der Waals surface area contributed by atoms with Gasteiger partial charge in [0.25, 0.3) is 0 Å². The summed E-state index contributed by atoms with van der Waals surface area (Å²) in [7, 11) is 0. The Balaban J connectivity index is 2.61. The highest BCUT2D eigenvalue weighted by molar-refractivity contribution is 5.95. The summed E-state index contributed by atoms with van der Waals surface area (Å²) in [4.78, 5) is 14.4. The third-order valence-electron chi connectivity index (χ3n) is 1.63. The molecule has 2 rings (SSSR count). The average Bonchev–Trinajstić information content (AvgIpc) is 2.53. The fourth-order valence-corrected chi connectivity index (χ4v) is 1.09. The molecule has 1 aliphatic rings. The van der Waals surface area contributed by atoms with Gasteiger partial charge in [-0.2, -0.15) is 5.10 Å². The van der Waals surface area contributed by atoms with E-state index in [4.69, 9.17) is 10.8 Å². The van der Waals surface area contributed by atoms with Crippen LogP contribution in [-0.2, 0) is 6.54 Å². The van der Waals surface area contributed by atoms with Crippen molar-refractivity contribution in [2.24, 2.45) is 4.99 Å². The van der Waals surface area contributed by atoms with Crippen molar-refractivity contribution < 1.29 is 9.90 Å². The van der Waals surface area contributed by atoms with Crippen LogP contribution >= 0.6 is 0 Å². The second-order valence-electron chi connectivity index (χ2n) is 2.38. The molecule has 6 heteroatoms. The molecule has 12 heavy (non-hydrogen) atoms. The van der Waals surface area contributed by atoms with Crippen molar-refractivity contribution in [2.45, 2.75) is 6.54 Å². The summed E-state index contributed by atoms with van der Waals surface area (Å²) in [5, 5.41) is 12.4. The lowest BCUT2D eigenvalue weighted by molar-refractivity contribution is 0.0690. The predicted molar refractivity (Wildman–Crippen MR) is 41.8 cm³/mol. The largest absolute Gasteiger partial charge is 0.476 e. The lowest BCUT2D eigenvalue weighted by Crippen LogP contribution is -2.03. The first-order valence-corrected chi connectivity index (χ1v) is 3.32. The van der Waals surface area contributed by atoms with Gasteiger partial charge in [-0.1, -0.05) is 0 Å². The van der Waals surface area contributed by atoms with Crippen LogP contribution in [0.15, 0.2) is 4.99 Å². The molecule has 3 N–H and O–H groups in total. The Hall–Kier alpha value is -1.85. The number of carboxylic acid groups (broad SMARTS) is 1. The number of anilines is 1. The summed E-state index contributed by atoms with van der Waals surface area (Å²) >= 11 is 0. The van der Waals surface area contributed by atoms with Crippen molar-refractivity contribution in [1.82, 2.24) is 9.78 Å². The van der Waals surface area contributed by atoms with Gasteiger partial charge >= 0.3 is 5.97 Å². The van der Waals surface area contributed by atoms with E-state index in [9.17, 15) is 4.79 Å². The topological polar surface area (TPSA) is 93.5 Å². The Kier molecular flexibility index (Phi) is 1.18. The van der Waals surface area contributed by atoms with Gasteiger partial charge in [0.2, 0.25) is 0 Å². The van der Waals surface area contributed by atoms with E-state index < -0.39 is 5.97 Å². The van der Waals surface area contributed by atoms with Gasteiger partial charge in [-0.3, -0.25) is 0 Å². The molecule has 0 saturated carbocycles. The van der Waals surface area contributed by atoms with Crippen LogP contribution in [0.25, 0.3) is 0 Å². The van der Waals surface area contributed by atoms with E-state index in [-0.39, 0.29) is 11.4 Å². The molecule has 2 heterocycles. The van der Waals surface area contributed by atoms with Crippen molar-refractivity contribution in [1.29, 1.82) is 0 Å². The molecular weight excluding hydrogens is 160 g/mol. The molecule has 0 atom stereocenters. The molecule has 0 radical (unpaired) electrons. The lowest BCUT2D eigenvalue weighted by Gasteiger charge is -1.88. The molecule has 0 fully saturated rings. The maximum Gasteiger partial charge on any atom is 0.358 e. The van der Waals surface area contributed by atoms with Gasteiger partial charge in [-0.15, -0.1) is 0 Å². The minimum atomic E-state index is -1.12. The summed E-state index contributed by atoms with van der Waals surface area (Å²) in [5.41, 5.74) is 5.49. The number of nitrogen functional groups attached to an aromatic ring is 1. The monoisotopic (exact) mass is 166 g/mol. The smallest absolute Gasteiger partial charge is 0.358 e. The van der Waals surface area contributed by atoms with Crippen molar-refractivity contribution >= 4 is 23.7 Å². The number of hydrogen-bond donors (Lipinski definition) is 2. The fourth-order valence-electron chi connectivity index (χ4n) is 1.09. The van der Waals surface area contributed by atoms with Gasteiger partial charge in [-0.25, -0.2) is 14.5 Å². The molecule has 0 aromatic carbocycles. The van der Waals surface area contributed by atoms with Crippen LogP contribution in [0.5, 0.6) is 0 Å². The Morgan fingerprint density at radius 2 is 2.50 bits per heavy atom. The highest BCUT2D eigenvalue weighted by atomic mass is 16.4. The SMILES string of the molecule is Nc1c(C(=O)O)nn2c1N=CC2. The number of rotatable bonds is 1. The highest BCUT2D eigenvalue weighted by Gasteiger charge is 2.21. The van der Waals surface area contributed by atoms with Gasteiger partial charge in [0, 0.05) is 6.21 Å². The van der Waals surface area contributed by atoms with Crippen LogP contribution in [0.4, 0.5) is 11.5 Å². The van der Waals surface area contributed by atoms with Crippen LogP contribution < -0.4 is 5.73 Å². The molecule has 1 aromatic rings. The second kappa shape index (κ2) is 2.07. The number of aromatic carboxylic acids is 1. The summed E-state index contributed by atoms with van der Waals surface area (Å²) in [6.07, 6.45) is 1.63. The normalized spacial score (nSPS) is 13.3. The molecule has 0 unspecified atom stereocenters. The van der Waals surface area contributed by atoms with Gasteiger partial charge in [0.1, 0.15) is 5.69 Å². The fraction of sp³-hybridized carbons (Fsp3) is 0.167. The zero-order chi connectivity index (χ0) is 8.72. The van der Waals surface area contributed by atoms with Gasteiger partial charge < -0.3 is 10.8 Å². The van der Waals surface area contributed by atoms with Gasteiger partial charge in [0.15, 0.2) is 11.5 Å². The summed E-state index contributed by atoms with van der Waals surface area (Å²) < 4.78 is 1.46. The second-order valence-corrected chi connectivity index (χ2v) is 2.38. The van der Waals surface area contributed by atoms with Crippen molar-refractivity contribution in [2.75, 3.05) is 5.73 Å². The van der Waals surface area contributed by atoms with Crippen LogP contribution in [-0.4, -0.2) is 27.1 Å². The van der Waals surface area contributed by atoms with Gasteiger partial charge in [0.05, 0.1) is 6.54 Å². The van der Waals surface area contributed by atoms with Gasteiger partial charge in [-0.05, 0) is 0 Å². The zero-order valence-corrected chi connectivity index (χ0v) is 6.06. The lowest BCUT2D eigenvalue weighted by atomic mass is 10.3. The van der Waals surface area contributed by atoms with Crippen LogP contribution in [0.1, 0.15) is 10.5 Å². The minimum absolute atomic E-state index is 0.123. The van der Waals surface area contributed by atoms with Crippen molar-refractivity contribution in [3.8, 4) is 0 Å². The van der Waals surface area contributed by atoms with Crippen LogP contribution in [0, 0.1) is 0 Å². The Bertz CT molecular complexity index is 379. The zero-order valence-electron chi connectivity index (χ0n) is 6.06. The van der Waals surface area contributed by atoms with Crippen molar-refractivity contribution in [3.05, 3.63) is 5.69 Å². The number of nitrogens with zero attached hydrogens (tertiary/aromatic N) is 3. The quantitative estimate of drug-likeness (QED) is 0.608. The van der Waals surface area contributed by atoms with Crippen LogP contribution in [0.2, 0.25) is 0 Å². The van der Waals surface area contributed by atoms with E-state index >= 15 is 0 Å². The molecular formula is C6H6N4O2. The van der Waals surface area contributed by atoms with Crippen LogP contribution in [0.3, 0.4) is 0 Å². The molecule has 6 nitrogen and oxygen atoms in total. The number of hydrogen-bond acceptors (Lipinski definition) is 4.